The maximum atomic E-state index is 11.6. The Hall–Kier alpha value is 4.13. The summed E-state index contributed by atoms with van der Waals surface area (Å²) in [4.78, 5) is 28.1. The summed E-state index contributed by atoms with van der Waals surface area (Å²) in [6, 6.07) is 0. The topological polar surface area (TPSA) is 194 Å². The molecule has 0 aromatic carbocycles. The van der Waals surface area contributed by atoms with Crippen molar-refractivity contribution < 1.29 is 178 Å². The SMILES string of the molecule is O=[N+]([O-])OP(=O)(OCC(O)CO)OP1(O)(O)OO1.[Cl-].[Cl-].[H-].[H-].[Mg+2].[Na+].[Na+].[Zn].[Zn]. The van der Waals surface area contributed by atoms with Gasteiger partial charge in [0.05, 0.1) is 0 Å². The molecule has 1 fully saturated rings. The maximum absolute atomic E-state index is 11.6. The normalized spacial score (nSPS) is 19.6. The molecule has 0 amide bonds. The van der Waals surface area contributed by atoms with Crippen LogP contribution in [0.4, 0.5) is 0 Å². The van der Waals surface area contributed by atoms with Crippen LogP contribution in [0.2, 0.25) is 0 Å². The summed E-state index contributed by atoms with van der Waals surface area (Å²) in [6.45, 7) is -1.72. The minimum atomic E-state index is -5.62. The molecule has 0 aromatic heterocycles. The van der Waals surface area contributed by atoms with E-state index >= 15 is 0 Å². The van der Waals surface area contributed by atoms with Crippen molar-refractivity contribution in [2.24, 2.45) is 0 Å². The van der Waals surface area contributed by atoms with Gasteiger partial charge in [0.1, 0.15) is 0 Å². The molecule has 4 N–H and O–H groups in total. The Labute approximate surface area is 243 Å². The fraction of sp³-hybridized carbons (Fsp3) is 1.00. The second-order valence-corrected chi connectivity index (χ2v) is 6.79. The number of rotatable bonds is 8. The predicted octanol–water partition coefficient (Wildman–Crippen LogP) is -13.4. The van der Waals surface area contributed by atoms with E-state index in [2.05, 4.69) is 22.8 Å². The van der Waals surface area contributed by atoms with Crippen LogP contribution in [0.3, 0.4) is 0 Å². The van der Waals surface area contributed by atoms with Crippen molar-refractivity contribution in [1.82, 2.24) is 0 Å². The van der Waals surface area contributed by atoms with Gasteiger partial charge < -0.3 is 27.7 Å². The third-order valence-electron chi connectivity index (χ3n) is 1.31. The molecule has 0 radical (unpaired) electrons. The van der Waals surface area contributed by atoms with Gasteiger partial charge in [-0.3, -0.25) is 0 Å². The summed E-state index contributed by atoms with van der Waals surface area (Å²) in [6.07, 6.45) is -1.55. The van der Waals surface area contributed by atoms with Crippen LogP contribution < -0.4 is 83.9 Å². The molecule has 2 unspecified atom stereocenters. The van der Waals surface area contributed by atoms with Gasteiger partial charge in [0.2, 0.25) is 0 Å². The molecule has 132 valence electrons. The average Bonchev–Trinajstić information content (AvgIpc) is 2.84. The first kappa shape index (κ1) is 47.1. The third kappa shape index (κ3) is 19.8. The minimum absolute atomic E-state index is 0. The smallest absolute Gasteiger partial charge is 1.00 e. The molecule has 22 heteroatoms. The van der Waals surface area contributed by atoms with Crippen LogP contribution in [0.5, 0.6) is 0 Å². The third-order valence-corrected chi connectivity index (χ3v) is 4.56. The van der Waals surface area contributed by atoms with Crippen LogP contribution in [0.15, 0.2) is 0 Å². The van der Waals surface area contributed by atoms with Crippen molar-refractivity contribution in [3.05, 3.63) is 10.1 Å². The number of hydrogen-bond donors (Lipinski definition) is 4. The number of phosphoric acid groups is 1. The Morgan fingerprint density at radius 2 is 1.64 bits per heavy atom. The van der Waals surface area contributed by atoms with Crippen LogP contribution in [-0.4, -0.2) is 67.5 Å². The first-order valence-corrected chi connectivity index (χ1v) is 7.43. The van der Waals surface area contributed by atoms with Crippen molar-refractivity contribution in [2.75, 3.05) is 13.2 Å². The molecule has 1 saturated heterocycles. The summed E-state index contributed by atoms with van der Waals surface area (Å²) in [5.74, 6) is 0. The molecule has 0 saturated carbocycles. The van der Waals surface area contributed by atoms with E-state index in [9.17, 15) is 14.7 Å². The van der Waals surface area contributed by atoms with Crippen molar-refractivity contribution >= 4 is 38.6 Å². The van der Waals surface area contributed by atoms with Crippen molar-refractivity contribution in [2.45, 2.75) is 6.10 Å². The number of hydrogen-bond acceptors (Lipinski definition) is 12. The zero-order valence-electron chi connectivity index (χ0n) is 15.3. The van der Waals surface area contributed by atoms with Gasteiger partial charge in [-0.2, -0.15) is 0 Å². The Balaban J connectivity index is -0.0000000514. The van der Waals surface area contributed by atoms with Crippen molar-refractivity contribution in [3.63, 3.8) is 0 Å². The van der Waals surface area contributed by atoms with E-state index in [0.717, 1.165) is 0 Å². The summed E-state index contributed by atoms with van der Waals surface area (Å²) in [5.41, 5.74) is 0. The molecule has 1 aliphatic rings. The molecule has 0 spiro atoms. The van der Waals surface area contributed by atoms with Gasteiger partial charge in [-0.25, -0.2) is 0 Å². The summed E-state index contributed by atoms with van der Waals surface area (Å²) in [5, 5.41) is 25.8. The van der Waals surface area contributed by atoms with E-state index in [4.69, 9.17) is 20.0 Å². The van der Waals surface area contributed by atoms with Gasteiger partial charge in [-0.05, 0) is 0 Å². The molecule has 0 aromatic rings. The van der Waals surface area contributed by atoms with Crippen molar-refractivity contribution in [1.29, 1.82) is 0 Å². The van der Waals surface area contributed by atoms with Gasteiger partial charge in [0.25, 0.3) is 0 Å². The molecule has 25 heavy (non-hydrogen) atoms. The zero-order chi connectivity index (χ0) is 14.1. The zero-order valence-corrected chi connectivity index (χ0v) is 27.9. The van der Waals surface area contributed by atoms with Gasteiger partial charge in [-0.1, -0.05) is 0 Å². The largest absolute Gasteiger partial charge is 2.00 e. The van der Waals surface area contributed by atoms with E-state index in [1.54, 1.807) is 0 Å². The fourth-order valence-corrected chi connectivity index (χ4v) is 3.42. The predicted molar refractivity (Wildman–Crippen MR) is 57.3 cm³/mol. The first-order valence-electron chi connectivity index (χ1n) is 4.07. The fourth-order valence-electron chi connectivity index (χ4n) is 0.615. The monoisotopic (exact) mass is 583 g/mol. The molecular weight excluding hydrogens is 576 g/mol. The van der Waals surface area contributed by atoms with Gasteiger partial charge in [0, 0.05) is 39.0 Å². The molecule has 13 nitrogen and oxygen atoms in total. The molecule has 1 heterocycles. The quantitative estimate of drug-likeness (QED) is 0.0525. The van der Waals surface area contributed by atoms with Crippen LogP contribution in [0.25, 0.3) is 0 Å². The van der Waals surface area contributed by atoms with Crippen LogP contribution in [0.1, 0.15) is 2.85 Å². The molecule has 0 bridgehead atoms. The maximum Gasteiger partial charge on any atom is 2.00 e. The summed E-state index contributed by atoms with van der Waals surface area (Å²) < 4.78 is 30.4. The first-order chi connectivity index (χ1) is 8.07. The van der Waals surface area contributed by atoms with E-state index in [0.29, 0.717) is 0 Å². The van der Waals surface area contributed by atoms with E-state index in [1.807, 2.05) is 0 Å². The van der Waals surface area contributed by atoms with Crippen LogP contribution >= 0.6 is 15.6 Å². The summed E-state index contributed by atoms with van der Waals surface area (Å²) >= 11 is 0. The van der Waals surface area contributed by atoms with Crippen LogP contribution in [-0.2, 0) is 66.3 Å². The van der Waals surface area contributed by atoms with Gasteiger partial charge >= 0.3 is 180 Å². The Bertz CT molecular complexity index is 419. The van der Waals surface area contributed by atoms with Gasteiger partial charge in [-0.15, -0.1) is 0 Å². The van der Waals surface area contributed by atoms with E-state index < -0.39 is 40.0 Å². The Morgan fingerprint density at radius 1 is 1.24 bits per heavy atom. The molecule has 1 rings (SSSR count). The minimum Gasteiger partial charge on any atom is -1.00 e. The Kier molecular flexibility index (Phi) is 35.5. The Morgan fingerprint density at radius 3 is 1.92 bits per heavy atom. The van der Waals surface area contributed by atoms with Crippen LogP contribution in [0, 0.1) is 10.1 Å². The number of aliphatic hydroxyl groups excluding tert-OH is 2. The second kappa shape index (κ2) is 18.9. The van der Waals surface area contributed by atoms with E-state index in [-0.39, 0.29) is 149 Å². The molecular formula is C3H11Cl2MgNNa2O12P2Zn2. The number of nitrogens with zero attached hydrogens (tertiary/aromatic N) is 1. The number of halogens is 2. The second-order valence-electron chi connectivity index (χ2n) is 2.92. The standard InChI is InChI=1S/C3H9NO12P2.2ClH.Mg.2Na.2Zn.2H/c5-1-3(6)2-12-17(9,13-4(7)8)16-18(10,11)14-15-18;;;;;;;;;/h3,5-6,10-11H,1-2H2;2*1H;;;;;;;/q;;;+2;2*+1;;;2*-1/p-2. The van der Waals surface area contributed by atoms with Gasteiger partial charge in [0.15, 0.2) is 0 Å². The number of aliphatic hydroxyl groups is 2. The molecule has 2 atom stereocenters. The average molecular weight is 587 g/mol. The molecule has 1 aliphatic heterocycles. The molecule has 0 aliphatic carbocycles. The summed E-state index contributed by atoms with van der Waals surface area (Å²) in [7, 11) is -10.7. The van der Waals surface area contributed by atoms with E-state index in [1.165, 1.54) is 0 Å². The van der Waals surface area contributed by atoms with Crippen molar-refractivity contribution in [3.8, 4) is 0 Å².